The Kier molecular flexibility index (Phi) is 10.2. The molecule has 0 aliphatic rings. The van der Waals surface area contributed by atoms with Crippen molar-refractivity contribution in [2.45, 2.75) is 58.3 Å². The molecule has 4 heteroatoms. The Morgan fingerprint density at radius 3 is 2.29 bits per heavy atom. The zero-order valence-corrected chi connectivity index (χ0v) is 12.9. The third kappa shape index (κ3) is 9.93. The van der Waals surface area contributed by atoms with E-state index in [4.69, 9.17) is 9.78 Å². The minimum absolute atomic E-state index is 0.541. The van der Waals surface area contributed by atoms with E-state index in [0.29, 0.717) is 11.5 Å². The monoisotopic (exact) mass is 294 g/mol. The summed E-state index contributed by atoms with van der Waals surface area (Å²) in [7, 11) is 0. The van der Waals surface area contributed by atoms with Crippen LogP contribution in [0.15, 0.2) is 42.7 Å². The van der Waals surface area contributed by atoms with Gasteiger partial charge in [-0.2, -0.15) is 0 Å². The van der Waals surface area contributed by atoms with Crippen LogP contribution >= 0.6 is 0 Å². The van der Waals surface area contributed by atoms with Crippen LogP contribution in [0.1, 0.15) is 58.3 Å². The van der Waals surface area contributed by atoms with Crippen molar-refractivity contribution >= 4 is 0 Å². The Morgan fingerprint density at radius 1 is 0.905 bits per heavy atom. The van der Waals surface area contributed by atoms with E-state index in [0.717, 1.165) is 12.8 Å². The molecule has 0 heterocycles. The molecular formula is C17H26O4. The summed E-state index contributed by atoms with van der Waals surface area (Å²) >= 11 is 0. The molecule has 0 bridgehead atoms. The van der Waals surface area contributed by atoms with Crippen molar-refractivity contribution in [1.29, 1.82) is 0 Å². The van der Waals surface area contributed by atoms with Crippen LogP contribution in [0, 0.1) is 0 Å². The standard InChI is InChI=1S/C17H26O4/c1-3-4-5-6-7-8-10-13-16(2)18-20-21-19-17-14-11-9-12-15-17/h9,11-12,14-15H,2-8,10,13H2,1H3. The zero-order chi connectivity index (χ0) is 15.2. The van der Waals surface area contributed by atoms with Crippen molar-refractivity contribution in [2.24, 2.45) is 0 Å². The molecule has 1 aromatic carbocycles. The van der Waals surface area contributed by atoms with Gasteiger partial charge in [-0.25, -0.2) is 0 Å². The molecule has 0 unspecified atom stereocenters. The normalized spacial score (nSPS) is 10.3. The number of rotatable bonds is 13. The van der Waals surface area contributed by atoms with Crippen LogP contribution in [0.3, 0.4) is 0 Å². The number of unbranched alkanes of at least 4 members (excludes halogenated alkanes) is 6. The Morgan fingerprint density at radius 2 is 1.57 bits per heavy atom. The third-order valence-corrected chi connectivity index (χ3v) is 3.11. The lowest BCUT2D eigenvalue weighted by molar-refractivity contribution is -0.596. The summed E-state index contributed by atoms with van der Waals surface area (Å²) in [4.78, 5) is 9.72. The summed E-state index contributed by atoms with van der Waals surface area (Å²) in [6, 6.07) is 9.04. The van der Waals surface area contributed by atoms with Crippen molar-refractivity contribution in [3.05, 3.63) is 42.7 Å². The molecule has 0 aliphatic heterocycles. The van der Waals surface area contributed by atoms with E-state index in [-0.39, 0.29) is 0 Å². The van der Waals surface area contributed by atoms with Gasteiger partial charge in [0.1, 0.15) is 5.76 Å². The van der Waals surface area contributed by atoms with Gasteiger partial charge in [-0.15, -0.1) is 0 Å². The van der Waals surface area contributed by atoms with Gasteiger partial charge in [0.25, 0.3) is 0 Å². The average molecular weight is 294 g/mol. The molecule has 0 N–H and O–H groups in total. The van der Waals surface area contributed by atoms with Gasteiger partial charge >= 0.3 is 0 Å². The SMILES string of the molecule is C=C(CCCCCCCCC)OOOOc1ccccc1. The molecule has 1 aromatic rings. The Bertz CT molecular complexity index is 364. The topological polar surface area (TPSA) is 36.9 Å². The van der Waals surface area contributed by atoms with Crippen LogP contribution in [-0.2, 0) is 15.0 Å². The Balaban J connectivity index is 1.90. The summed E-state index contributed by atoms with van der Waals surface area (Å²) in [5.74, 6) is 1.08. The first-order chi connectivity index (χ1) is 10.3. The fourth-order valence-corrected chi connectivity index (χ4v) is 1.91. The summed E-state index contributed by atoms with van der Waals surface area (Å²) in [5.41, 5.74) is 0. The Hall–Kier alpha value is -1.52. The summed E-state index contributed by atoms with van der Waals surface area (Å²) in [6.45, 7) is 5.99. The highest BCUT2D eigenvalue weighted by atomic mass is 17.7. The fourth-order valence-electron chi connectivity index (χ4n) is 1.91. The molecule has 0 saturated carbocycles. The van der Waals surface area contributed by atoms with Gasteiger partial charge in [0, 0.05) is 16.5 Å². The van der Waals surface area contributed by atoms with Gasteiger partial charge in [0.05, 0.1) is 0 Å². The first kappa shape index (κ1) is 17.5. The first-order valence-electron chi connectivity index (χ1n) is 7.73. The van der Waals surface area contributed by atoms with E-state index in [1.54, 1.807) is 12.1 Å². The minimum atomic E-state index is 0.541. The summed E-state index contributed by atoms with van der Waals surface area (Å²) < 4.78 is 0. The lowest BCUT2D eigenvalue weighted by Gasteiger charge is -2.06. The highest BCUT2D eigenvalue weighted by molar-refractivity contribution is 5.19. The van der Waals surface area contributed by atoms with Gasteiger partial charge in [-0.05, 0) is 18.6 Å². The van der Waals surface area contributed by atoms with Crippen molar-refractivity contribution in [2.75, 3.05) is 0 Å². The van der Waals surface area contributed by atoms with Crippen molar-refractivity contribution in [1.82, 2.24) is 0 Å². The molecule has 0 atom stereocenters. The van der Waals surface area contributed by atoms with Gasteiger partial charge < -0.3 is 9.78 Å². The molecular weight excluding hydrogens is 268 g/mol. The van der Waals surface area contributed by atoms with Crippen LogP contribution < -0.4 is 4.89 Å². The number of benzene rings is 1. The molecule has 0 radical (unpaired) electrons. The molecule has 0 fully saturated rings. The van der Waals surface area contributed by atoms with Crippen molar-refractivity contribution in [3.63, 3.8) is 0 Å². The predicted octanol–water partition coefficient (Wildman–Crippen LogP) is 5.51. The van der Waals surface area contributed by atoms with E-state index in [1.807, 2.05) is 18.2 Å². The number of allylic oxidation sites excluding steroid dienone is 1. The molecule has 118 valence electrons. The van der Waals surface area contributed by atoms with Crippen molar-refractivity contribution < 1.29 is 19.9 Å². The van der Waals surface area contributed by atoms with Crippen molar-refractivity contribution in [3.8, 4) is 5.75 Å². The molecule has 0 aliphatic carbocycles. The van der Waals surface area contributed by atoms with Gasteiger partial charge in [-0.1, -0.05) is 70.2 Å². The first-order valence-corrected chi connectivity index (χ1v) is 7.73. The predicted molar refractivity (Wildman–Crippen MR) is 82.1 cm³/mol. The largest absolute Gasteiger partial charge is 0.311 e. The molecule has 0 aromatic heterocycles. The maximum absolute atomic E-state index is 4.87. The molecule has 4 nitrogen and oxygen atoms in total. The van der Waals surface area contributed by atoms with Crippen LogP contribution in [0.2, 0.25) is 0 Å². The minimum Gasteiger partial charge on any atom is -0.311 e. The molecule has 0 spiro atoms. The summed E-state index contributed by atoms with van der Waals surface area (Å²) in [6.07, 6.45) is 9.54. The molecule has 21 heavy (non-hydrogen) atoms. The zero-order valence-electron chi connectivity index (χ0n) is 12.9. The molecule has 1 rings (SSSR count). The fraction of sp³-hybridized carbons (Fsp3) is 0.529. The lowest BCUT2D eigenvalue weighted by Crippen LogP contribution is -2.00. The van der Waals surface area contributed by atoms with E-state index in [1.165, 1.54) is 38.5 Å². The number of hydrogen-bond acceptors (Lipinski definition) is 4. The maximum atomic E-state index is 4.87. The quantitative estimate of drug-likeness (QED) is 0.208. The van der Waals surface area contributed by atoms with E-state index in [2.05, 4.69) is 23.6 Å². The second-order valence-electron chi connectivity index (χ2n) is 5.03. The van der Waals surface area contributed by atoms with Crippen LogP contribution in [0.5, 0.6) is 5.75 Å². The third-order valence-electron chi connectivity index (χ3n) is 3.11. The highest BCUT2D eigenvalue weighted by Crippen LogP contribution is 2.13. The second-order valence-corrected chi connectivity index (χ2v) is 5.03. The van der Waals surface area contributed by atoms with Crippen LogP contribution in [0.4, 0.5) is 0 Å². The smallest absolute Gasteiger partial charge is 0.168 e. The maximum Gasteiger partial charge on any atom is 0.168 e. The highest BCUT2D eigenvalue weighted by Gasteiger charge is 2.00. The van der Waals surface area contributed by atoms with Gasteiger partial charge in [0.15, 0.2) is 5.75 Å². The van der Waals surface area contributed by atoms with Crippen LogP contribution in [-0.4, -0.2) is 0 Å². The lowest BCUT2D eigenvalue weighted by atomic mass is 10.1. The van der Waals surface area contributed by atoms with E-state index < -0.39 is 0 Å². The van der Waals surface area contributed by atoms with Gasteiger partial charge in [-0.3, -0.25) is 0 Å². The average Bonchev–Trinajstić information content (AvgIpc) is 2.52. The number of hydrogen-bond donors (Lipinski definition) is 0. The molecule has 0 saturated heterocycles. The Labute approximate surface area is 127 Å². The van der Waals surface area contributed by atoms with E-state index >= 15 is 0 Å². The molecule has 0 amide bonds. The number of para-hydroxylation sites is 1. The summed E-state index contributed by atoms with van der Waals surface area (Å²) in [5, 5.41) is 8.97. The van der Waals surface area contributed by atoms with Crippen LogP contribution in [0.25, 0.3) is 0 Å². The van der Waals surface area contributed by atoms with Gasteiger partial charge in [0.2, 0.25) is 0 Å². The van der Waals surface area contributed by atoms with E-state index in [9.17, 15) is 0 Å². The second kappa shape index (κ2) is 12.2.